The fourth-order valence-electron chi connectivity index (χ4n) is 2.91. The van der Waals surface area contributed by atoms with Crippen LogP contribution in [-0.4, -0.2) is 23.8 Å². The molecule has 1 heterocycles. The number of carbonyl (C=O) groups is 1. The van der Waals surface area contributed by atoms with Crippen molar-refractivity contribution in [2.45, 2.75) is 44.0 Å². The Morgan fingerprint density at radius 1 is 1.17 bits per heavy atom. The smallest absolute Gasteiger partial charge is 0.196 e. The first-order valence-corrected chi connectivity index (χ1v) is 6.58. The van der Waals surface area contributed by atoms with E-state index < -0.39 is 11.4 Å². The van der Waals surface area contributed by atoms with Gasteiger partial charge in [-0.15, -0.1) is 0 Å². The summed E-state index contributed by atoms with van der Waals surface area (Å²) in [4.78, 5) is 12.5. The Balaban J connectivity index is 1.82. The highest BCUT2D eigenvalue weighted by atomic mass is 16.8. The van der Waals surface area contributed by atoms with E-state index in [0.717, 1.165) is 25.7 Å². The zero-order valence-corrected chi connectivity index (χ0v) is 10.6. The van der Waals surface area contributed by atoms with Gasteiger partial charge < -0.3 is 9.47 Å². The Kier molecular flexibility index (Phi) is 2.76. The van der Waals surface area contributed by atoms with Gasteiger partial charge in [0.1, 0.15) is 0 Å². The van der Waals surface area contributed by atoms with Crippen molar-refractivity contribution in [3.8, 4) is 0 Å². The van der Waals surface area contributed by atoms with Gasteiger partial charge in [-0.25, -0.2) is 0 Å². The highest BCUT2D eigenvalue weighted by molar-refractivity contribution is 6.02. The first-order chi connectivity index (χ1) is 8.64. The van der Waals surface area contributed by atoms with Crippen molar-refractivity contribution in [2.24, 2.45) is 0 Å². The van der Waals surface area contributed by atoms with E-state index in [1.54, 1.807) is 0 Å². The first-order valence-electron chi connectivity index (χ1n) is 6.58. The van der Waals surface area contributed by atoms with Crippen molar-refractivity contribution < 1.29 is 14.3 Å². The lowest BCUT2D eigenvalue weighted by atomic mass is 9.95. The van der Waals surface area contributed by atoms with Gasteiger partial charge in [0.05, 0.1) is 6.61 Å². The molecule has 96 valence electrons. The van der Waals surface area contributed by atoms with Crippen LogP contribution in [0.15, 0.2) is 30.3 Å². The second-order valence-corrected chi connectivity index (χ2v) is 5.43. The second-order valence-electron chi connectivity index (χ2n) is 5.43. The zero-order chi connectivity index (χ0) is 12.6. The molecule has 2 fully saturated rings. The minimum absolute atomic E-state index is 0.0203. The third kappa shape index (κ3) is 1.88. The molecule has 1 saturated carbocycles. The maximum atomic E-state index is 12.5. The van der Waals surface area contributed by atoms with Crippen molar-refractivity contribution in [3.05, 3.63) is 35.9 Å². The summed E-state index contributed by atoms with van der Waals surface area (Å²) < 4.78 is 11.9. The van der Waals surface area contributed by atoms with Gasteiger partial charge in [0.25, 0.3) is 0 Å². The number of Topliss-reactive ketones (excluding diaryl/α,β-unsaturated/α-hetero) is 1. The fourth-order valence-corrected chi connectivity index (χ4v) is 2.91. The molecule has 3 nitrogen and oxygen atoms in total. The van der Waals surface area contributed by atoms with Gasteiger partial charge in [-0.1, -0.05) is 30.3 Å². The average molecular weight is 246 g/mol. The van der Waals surface area contributed by atoms with Crippen LogP contribution in [-0.2, 0) is 9.47 Å². The normalized spacial score (nSPS) is 29.8. The van der Waals surface area contributed by atoms with E-state index in [-0.39, 0.29) is 5.78 Å². The van der Waals surface area contributed by atoms with Gasteiger partial charge in [-0.3, -0.25) is 4.79 Å². The highest BCUT2D eigenvalue weighted by Gasteiger charge is 2.52. The number of rotatable bonds is 2. The maximum absolute atomic E-state index is 12.5. The van der Waals surface area contributed by atoms with Crippen molar-refractivity contribution in [2.75, 3.05) is 6.61 Å². The van der Waals surface area contributed by atoms with Gasteiger partial charge >= 0.3 is 0 Å². The fraction of sp³-hybridized carbons (Fsp3) is 0.533. The molecule has 3 rings (SSSR count). The molecule has 1 aliphatic carbocycles. The Hall–Kier alpha value is -1.19. The molecular weight excluding hydrogens is 228 g/mol. The van der Waals surface area contributed by atoms with Crippen molar-refractivity contribution in [1.29, 1.82) is 0 Å². The maximum Gasteiger partial charge on any atom is 0.196 e. The number of hydrogen-bond donors (Lipinski definition) is 0. The average Bonchev–Trinajstić information content (AvgIpc) is 2.99. The summed E-state index contributed by atoms with van der Waals surface area (Å²) in [6, 6.07) is 9.31. The lowest BCUT2D eigenvalue weighted by Gasteiger charge is -2.26. The summed E-state index contributed by atoms with van der Waals surface area (Å²) in [6.07, 6.45) is 4.06. The largest absolute Gasteiger partial charge is 0.346 e. The monoisotopic (exact) mass is 246 g/mol. The van der Waals surface area contributed by atoms with Crippen LogP contribution in [0, 0.1) is 0 Å². The van der Waals surface area contributed by atoms with Crippen LogP contribution in [0.3, 0.4) is 0 Å². The summed E-state index contributed by atoms with van der Waals surface area (Å²) in [5.41, 5.74) is -0.134. The number of hydrogen-bond acceptors (Lipinski definition) is 3. The molecule has 0 bridgehead atoms. The Labute approximate surface area is 107 Å². The van der Waals surface area contributed by atoms with Crippen LogP contribution in [0.2, 0.25) is 0 Å². The minimum Gasteiger partial charge on any atom is -0.346 e. The summed E-state index contributed by atoms with van der Waals surface area (Å²) in [5, 5.41) is 0. The predicted octanol–water partition coefficient (Wildman–Crippen LogP) is 2.95. The van der Waals surface area contributed by atoms with Crippen LogP contribution >= 0.6 is 0 Å². The van der Waals surface area contributed by atoms with Crippen LogP contribution in [0.25, 0.3) is 0 Å². The molecule has 1 aromatic rings. The van der Waals surface area contributed by atoms with E-state index in [1.807, 2.05) is 37.3 Å². The van der Waals surface area contributed by atoms with E-state index in [1.165, 1.54) is 0 Å². The summed E-state index contributed by atoms with van der Waals surface area (Å²) in [6.45, 7) is 2.20. The van der Waals surface area contributed by atoms with E-state index >= 15 is 0 Å². The number of ketones is 1. The standard InChI is InChI=1S/C15H18O3/c1-14(13(16)12-7-3-2-4-8-12)11-17-15(18-14)9-5-6-10-15/h2-4,7-8H,5-6,9-11H2,1H3. The topological polar surface area (TPSA) is 35.5 Å². The van der Waals surface area contributed by atoms with Crippen LogP contribution in [0.1, 0.15) is 43.0 Å². The Morgan fingerprint density at radius 2 is 1.83 bits per heavy atom. The lowest BCUT2D eigenvalue weighted by Crippen LogP contribution is -2.40. The molecule has 1 spiro atoms. The molecule has 18 heavy (non-hydrogen) atoms. The zero-order valence-electron chi connectivity index (χ0n) is 10.6. The second kappa shape index (κ2) is 4.18. The quantitative estimate of drug-likeness (QED) is 0.753. The van der Waals surface area contributed by atoms with Crippen molar-refractivity contribution in [3.63, 3.8) is 0 Å². The van der Waals surface area contributed by atoms with Gasteiger partial charge in [-0.2, -0.15) is 0 Å². The molecule has 2 aliphatic rings. The molecule has 0 radical (unpaired) electrons. The van der Waals surface area contributed by atoms with E-state index in [9.17, 15) is 4.79 Å². The van der Waals surface area contributed by atoms with Crippen LogP contribution in [0.5, 0.6) is 0 Å². The van der Waals surface area contributed by atoms with Crippen LogP contribution < -0.4 is 0 Å². The molecular formula is C15H18O3. The molecule has 1 aliphatic heterocycles. The van der Waals surface area contributed by atoms with Gasteiger partial charge in [0, 0.05) is 18.4 Å². The predicted molar refractivity (Wildman–Crippen MR) is 67.4 cm³/mol. The van der Waals surface area contributed by atoms with Crippen molar-refractivity contribution in [1.82, 2.24) is 0 Å². The molecule has 3 heteroatoms. The molecule has 1 atom stereocenters. The summed E-state index contributed by atoms with van der Waals surface area (Å²) >= 11 is 0. The molecule has 1 saturated heterocycles. The molecule has 1 aromatic carbocycles. The number of benzene rings is 1. The molecule has 0 N–H and O–H groups in total. The summed E-state index contributed by atoms with van der Waals surface area (Å²) in [7, 11) is 0. The Morgan fingerprint density at radius 3 is 2.50 bits per heavy atom. The molecule has 0 aromatic heterocycles. The molecule has 1 unspecified atom stereocenters. The summed E-state index contributed by atoms with van der Waals surface area (Å²) in [5.74, 6) is -0.467. The SMILES string of the molecule is CC1(C(=O)c2ccccc2)COC2(CCCC2)O1. The van der Waals surface area contributed by atoms with E-state index in [0.29, 0.717) is 12.2 Å². The third-order valence-electron chi connectivity index (χ3n) is 3.90. The van der Waals surface area contributed by atoms with Crippen LogP contribution in [0.4, 0.5) is 0 Å². The number of carbonyl (C=O) groups excluding carboxylic acids is 1. The Bertz CT molecular complexity index is 448. The van der Waals surface area contributed by atoms with Crippen molar-refractivity contribution >= 4 is 5.78 Å². The first kappa shape index (κ1) is 11.9. The highest BCUT2D eigenvalue weighted by Crippen LogP contribution is 2.43. The van der Waals surface area contributed by atoms with E-state index in [2.05, 4.69) is 0 Å². The molecule has 0 amide bonds. The minimum atomic E-state index is -0.828. The third-order valence-corrected chi connectivity index (χ3v) is 3.90. The number of ether oxygens (including phenoxy) is 2. The van der Waals surface area contributed by atoms with E-state index in [4.69, 9.17) is 9.47 Å². The van der Waals surface area contributed by atoms with Gasteiger partial charge in [0.15, 0.2) is 17.2 Å². The van der Waals surface area contributed by atoms with Gasteiger partial charge in [0.2, 0.25) is 0 Å². The lowest BCUT2D eigenvalue weighted by molar-refractivity contribution is -0.170. The van der Waals surface area contributed by atoms with Gasteiger partial charge in [-0.05, 0) is 19.8 Å².